The average Bonchev–Trinajstić information content (AvgIpc) is 2.95. The lowest BCUT2D eigenvalue weighted by atomic mass is 10.2. The van der Waals surface area contributed by atoms with E-state index in [1.54, 1.807) is 35.7 Å². The number of sulfonamides is 1. The molecule has 0 radical (unpaired) electrons. The highest BCUT2D eigenvalue weighted by molar-refractivity contribution is 7.92. The van der Waals surface area contributed by atoms with Gasteiger partial charge in [0, 0.05) is 14.1 Å². The lowest BCUT2D eigenvalue weighted by Crippen LogP contribution is -2.28. The highest BCUT2D eigenvalue weighted by Crippen LogP contribution is 2.29. The van der Waals surface area contributed by atoms with Crippen molar-refractivity contribution in [3.05, 3.63) is 46.2 Å². The Bertz CT molecular complexity index is 749. The number of nitrogens with one attached hydrogen (secondary N) is 1. The number of thiophene rings is 1. The van der Waals surface area contributed by atoms with Crippen molar-refractivity contribution in [1.82, 2.24) is 5.32 Å². The van der Waals surface area contributed by atoms with Crippen LogP contribution in [0.25, 0.3) is 0 Å². The van der Waals surface area contributed by atoms with E-state index in [1.807, 2.05) is 6.92 Å². The van der Waals surface area contributed by atoms with Crippen molar-refractivity contribution < 1.29 is 13.2 Å². The second-order valence-electron chi connectivity index (χ2n) is 4.50. The van der Waals surface area contributed by atoms with Crippen molar-refractivity contribution in [2.24, 2.45) is 0 Å². The Hall–Kier alpha value is -1.86. The zero-order valence-electron chi connectivity index (χ0n) is 12.0. The minimum Gasteiger partial charge on any atom is -0.354 e. The summed E-state index contributed by atoms with van der Waals surface area (Å²) in [6, 6.07) is 8.24. The van der Waals surface area contributed by atoms with E-state index in [4.69, 9.17) is 0 Å². The minimum absolute atomic E-state index is 0.199. The summed E-state index contributed by atoms with van der Waals surface area (Å²) < 4.78 is 26.3. The van der Waals surface area contributed by atoms with Gasteiger partial charge in [0.15, 0.2) is 0 Å². The van der Waals surface area contributed by atoms with Crippen LogP contribution < -0.4 is 9.62 Å². The third-order valence-corrected chi connectivity index (χ3v) is 5.78. The van der Waals surface area contributed by atoms with Crippen LogP contribution in [0.2, 0.25) is 0 Å². The fourth-order valence-electron chi connectivity index (χ4n) is 1.83. The van der Waals surface area contributed by atoms with E-state index in [0.29, 0.717) is 10.6 Å². The Morgan fingerprint density at radius 3 is 2.38 bits per heavy atom. The number of anilines is 1. The number of nitrogens with zero attached hydrogens (tertiary/aromatic N) is 1. The number of hydrogen-bond acceptors (Lipinski definition) is 4. The van der Waals surface area contributed by atoms with E-state index in [-0.39, 0.29) is 10.8 Å². The van der Waals surface area contributed by atoms with E-state index in [2.05, 4.69) is 5.32 Å². The summed E-state index contributed by atoms with van der Waals surface area (Å²) in [5.74, 6) is -0.300. The topological polar surface area (TPSA) is 66.5 Å². The summed E-state index contributed by atoms with van der Waals surface area (Å²) in [6.45, 7) is 1.89. The Balaban J connectivity index is 2.44. The average molecular weight is 324 g/mol. The fraction of sp³-hybridized carbons (Fsp3) is 0.214. The van der Waals surface area contributed by atoms with Gasteiger partial charge < -0.3 is 5.32 Å². The summed E-state index contributed by atoms with van der Waals surface area (Å²) in [7, 11) is -0.721. The molecule has 0 aliphatic carbocycles. The number of carbonyl (C=O) groups excluding carboxylic acids is 1. The monoisotopic (exact) mass is 324 g/mol. The van der Waals surface area contributed by atoms with Crippen LogP contribution in [0.5, 0.6) is 0 Å². The lowest BCUT2D eigenvalue weighted by Gasteiger charge is -2.19. The fourth-order valence-corrected chi connectivity index (χ4v) is 3.96. The van der Waals surface area contributed by atoms with Crippen molar-refractivity contribution >= 4 is 33.0 Å². The van der Waals surface area contributed by atoms with Crippen LogP contribution in [-0.4, -0.2) is 28.4 Å². The maximum Gasteiger partial charge on any atom is 0.264 e. The third kappa shape index (κ3) is 2.93. The molecule has 7 heteroatoms. The molecule has 0 fully saturated rings. The number of hydrogen-bond donors (Lipinski definition) is 1. The molecule has 0 bridgehead atoms. The van der Waals surface area contributed by atoms with E-state index in [0.717, 1.165) is 9.87 Å². The second kappa shape index (κ2) is 5.87. The van der Waals surface area contributed by atoms with Gasteiger partial charge in [-0.2, -0.15) is 0 Å². The summed E-state index contributed by atoms with van der Waals surface area (Å²) in [5, 5.41) is 4.21. The van der Waals surface area contributed by atoms with Crippen LogP contribution in [0, 0.1) is 6.92 Å². The van der Waals surface area contributed by atoms with E-state index in [9.17, 15) is 13.2 Å². The van der Waals surface area contributed by atoms with Gasteiger partial charge in [0.1, 0.15) is 4.88 Å². The standard InChI is InChI=1S/C14H16N2O3S2/c1-10-4-6-11(7-5-10)21(18,19)16(3)12-8-9-20-13(12)14(17)15-2/h4-9H,1-3H3,(H,15,17). The molecule has 1 aromatic heterocycles. The zero-order valence-corrected chi connectivity index (χ0v) is 13.6. The summed E-state index contributed by atoms with van der Waals surface area (Å²) in [4.78, 5) is 12.4. The Labute approximate surface area is 128 Å². The molecule has 0 unspecified atom stereocenters. The zero-order chi connectivity index (χ0) is 15.6. The normalized spacial score (nSPS) is 11.2. The number of amides is 1. The van der Waals surface area contributed by atoms with Crippen LogP contribution in [0.4, 0.5) is 5.69 Å². The number of carbonyl (C=O) groups is 1. The van der Waals surface area contributed by atoms with Crippen LogP contribution >= 0.6 is 11.3 Å². The van der Waals surface area contributed by atoms with E-state index in [1.165, 1.54) is 25.4 Å². The van der Waals surface area contributed by atoms with Gasteiger partial charge in [-0.25, -0.2) is 8.42 Å². The first-order valence-electron chi connectivity index (χ1n) is 6.23. The van der Waals surface area contributed by atoms with Gasteiger partial charge in [-0.15, -0.1) is 11.3 Å². The second-order valence-corrected chi connectivity index (χ2v) is 7.39. The molecule has 5 nitrogen and oxygen atoms in total. The van der Waals surface area contributed by atoms with Crippen LogP contribution in [-0.2, 0) is 10.0 Å². The summed E-state index contributed by atoms with van der Waals surface area (Å²) in [6.07, 6.45) is 0. The molecule has 1 N–H and O–H groups in total. The van der Waals surface area contributed by atoms with Crippen molar-refractivity contribution in [1.29, 1.82) is 0 Å². The first-order chi connectivity index (χ1) is 9.87. The van der Waals surface area contributed by atoms with Gasteiger partial charge >= 0.3 is 0 Å². The molecular formula is C14H16N2O3S2. The Kier molecular flexibility index (Phi) is 4.34. The highest BCUT2D eigenvalue weighted by atomic mass is 32.2. The molecular weight excluding hydrogens is 308 g/mol. The molecule has 0 spiro atoms. The first kappa shape index (κ1) is 15.5. The molecule has 0 saturated heterocycles. The third-order valence-electron chi connectivity index (χ3n) is 3.10. The van der Waals surface area contributed by atoms with E-state index < -0.39 is 10.0 Å². The summed E-state index contributed by atoms with van der Waals surface area (Å²) >= 11 is 1.21. The molecule has 1 heterocycles. The van der Waals surface area contributed by atoms with Crippen molar-refractivity contribution in [2.45, 2.75) is 11.8 Å². The SMILES string of the molecule is CNC(=O)c1sccc1N(C)S(=O)(=O)c1ccc(C)cc1. The molecule has 2 aromatic rings. The molecule has 21 heavy (non-hydrogen) atoms. The van der Waals surface area contributed by atoms with Gasteiger partial charge in [0.25, 0.3) is 15.9 Å². The molecule has 1 amide bonds. The van der Waals surface area contributed by atoms with Gasteiger partial charge in [-0.05, 0) is 30.5 Å². The molecule has 2 rings (SSSR count). The van der Waals surface area contributed by atoms with Crippen molar-refractivity contribution in [2.75, 3.05) is 18.4 Å². The predicted octanol–water partition coefficient (Wildman–Crippen LogP) is 2.24. The number of aryl methyl sites for hydroxylation is 1. The van der Waals surface area contributed by atoms with Crippen LogP contribution in [0.15, 0.2) is 40.6 Å². The number of rotatable bonds is 4. The van der Waals surface area contributed by atoms with Gasteiger partial charge in [-0.1, -0.05) is 17.7 Å². The Morgan fingerprint density at radius 1 is 1.19 bits per heavy atom. The Morgan fingerprint density at radius 2 is 1.81 bits per heavy atom. The molecule has 0 aliphatic rings. The van der Waals surface area contributed by atoms with Crippen LogP contribution in [0.1, 0.15) is 15.2 Å². The van der Waals surface area contributed by atoms with Gasteiger partial charge in [-0.3, -0.25) is 9.10 Å². The van der Waals surface area contributed by atoms with Crippen LogP contribution in [0.3, 0.4) is 0 Å². The molecule has 112 valence electrons. The highest BCUT2D eigenvalue weighted by Gasteiger charge is 2.25. The van der Waals surface area contributed by atoms with E-state index >= 15 is 0 Å². The van der Waals surface area contributed by atoms with Crippen molar-refractivity contribution in [3.63, 3.8) is 0 Å². The smallest absolute Gasteiger partial charge is 0.264 e. The molecule has 1 aromatic carbocycles. The minimum atomic E-state index is -3.68. The predicted molar refractivity (Wildman–Crippen MR) is 84.5 cm³/mol. The van der Waals surface area contributed by atoms with Gasteiger partial charge in [0.2, 0.25) is 0 Å². The molecule has 0 atom stereocenters. The number of benzene rings is 1. The molecule has 0 aliphatic heterocycles. The molecule has 0 saturated carbocycles. The van der Waals surface area contributed by atoms with Crippen molar-refractivity contribution in [3.8, 4) is 0 Å². The lowest BCUT2D eigenvalue weighted by molar-refractivity contribution is 0.0967. The van der Waals surface area contributed by atoms with Gasteiger partial charge in [0.05, 0.1) is 10.6 Å². The largest absolute Gasteiger partial charge is 0.354 e. The summed E-state index contributed by atoms with van der Waals surface area (Å²) in [5.41, 5.74) is 1.36. The maximum absolute atomic E-state index is 12.6. The first-order valence-corrected chi connectivity index (χ1v) is 8.55. The quantitative estimate of drug-likeness (QED) is 0.938. The maximum atomic E-state index is 12.6.